The smallest absolute Gasteiger partial charge is 0.174 e. The van der Waals surface area contributed by atoms with E-state index in [1.807, 2.05) is 47.3 Å². The number of nitrogens with zero attached hydrogens (tertiary/aromatic N) is 6. The number of aromatic nitrogens is 5. The van der Waals surface area contributed by atoms with Gasteiger partial charge in [0.2, 0.25) is 0 Å². The highest BCUT2D eigenvalue weighted by molar-refractivity contribution is 7.10. The van der Waals surface area contributed by atoms with E-state index in [1.165, 1.54) is 4.88 Å². The van der Waals surface area contributed by atoms with Gasteiger partial charge in [-0.25, -0.2) is 4.68 Å². The van der Waals surface area contributed by atoms with Gasteiger partial charge in [-0.05, 0) is 51.2 Å². The van der Waals surface area contributed by atoms with Gasteiger partial charge in [0.25, 0.3) is 0 Å². The lowest BCUT2D eigenvalue weighted by atomic mass is 10.1. The van der Waals surface area contributed by atoms with E-state index >= 15 is 0 Å². The van der Waals surface area contributed by atoms with E-state index in [4.69, 9.17) is 4.42 Å². The maximum atomic E-state index is 5.70. The Bertz CT molecular complexity index is 1210. The molecule has 160 valence electrons. The number of benzene rings is 1. The van der Waals surface area contributed by atoms with Crippen LogP contribution in [0, 0.1) is 0 Å². The number of pyridine rings is 1. The summed E-state index contributed by atoms with van der Waals surface area (Å²) in [6.45, 7) is 1.89. The molecule has 7 nitrogen and oxygen atoms in total. The summed E-state index contributed by atoms with van der Waals surface area (Å²) in [7, 11) is 0. The fourth-order valence-electron chi connectivity index (χ4n) is 3.76. The molecular weight excluding hydrogens is 420 g/mol. The van der Waals surface area contributed by atoms with Gasteiger partial charge in [-0.1, -0.05) is 42.5 Å². The molecule has 0 saturated heterocycles. The van der Waals surface area contributed by atoms with Crippen LogP contribution in [0.3, 0.4) is 0 Å². The molecule has 0 aliphatic rings. The molecule has 8 heteroatoms. The molecule has 0 aliphatic heterocycles. The Morgan fingerprint density at radius 1 is 0.938 bits per heavy atom. The summed E-state index contributed by atoms with van der Waals surface area (Å²) in [6.07, 6.45) is 5.39. The molecule has 1 atom stereocenters. The first-order chi connectivity index (χ1) is 15.9. The highest BCUT2D eigenvalue weighted by Gasteiger charge is 2.30. The van der Waals surface area contributed by atoms with E-state index in [2.05, 4.69) is 61.1 Å². The van der Waals surface area contributed by atoms with Gasteiger partial charge < -0.3 is 4.42 Å². The molecule has 4 heterocycles. The summed E-state index contributed by atoms with van der Waals surface area (Å²) in [5.74, 6) is 1.68. The average Bonchev–Trinajstić information content (AvgIpc) is 3.60. The number of hydrogen-bond donors (Lipinski definition) is 0. The van der Waals surface area contributed by atoms with Crippen molar-refractivity contribution in [3.05, 3.63) is 118 Å². The number of rotatable bonds is 9. The van der Waals surface area contributed by atoms with Gasteiger partial charge in [0.1, 0.15) is 11.8 Å². The average molecular weight is 443 g/mol. The van der Waals surface area contributed by atoms with Crippen LogP contribution in [0.15, 0.2) is 95.2 Å². The molecule has 1 aromatic carbocycles. The van der Waals surface area contributed by atoms with Crippen LogP contribution in [0.1, 0.15) is 33.6 Å². The molecule has 0 radical (unpaired) electrons. The Kier molecular flexibility index (Phi) is 6.13. The Morgan fingerprint density at radius 3 is 2.59 bits per heavy atom. The SMILES string of the molecule is c1ccc(Cn2nnnc2[C@@H](c2cccs2)N(Cc2cccnc2)Cc2ccco2)cc1. The number of furan rings is 1. The van der Waals surface area contributed by atoms with Crippen molar-refractivity contribution in [3.63, 3.8) is 0 Å². The molecule has 5 rings (SSSR count). The van der Waals surface area contributed by atoms with Gasteiger partial charge >= 0.3 is 0 Å². The van der Waals surface area contributed by atoms with Crippen molar-refractivity contribution in [1.82, 2.24) is 30.1 Å². The fraction of sp³-hybridized carbons (Fsp3) is 0.167. The molecule has 0 aliphatic carbocycles. The molecule has 4 aromatic heterocycles. The van der Waals surface area contributed by atoms with E-state index in [0.29, 0.717) is 19.6 Å². The van der Waals surface area contributed by atoms with Crippen molar-refractivity contribution >= 4 is 11.3 Å². The van der Waals surface area contributed by atoms with Crippen molar-refractivity contribution in [1.29, 1.82) is 0 Å². The van der Waals surface area contributed by atoms with E-state index in [0.717, 1.165) is 22.7 Å². The Morgan fingerprint density at radius 2 is 1.84 bits per heavy atom. The summed E-state index contributed by atoms with van der Waals surface area (Å²) in [5.41, 5.74) is 2.26. The van der Waals surface area contributed by atoms with Gasteiger partial charge in [-0.3, -0.25) is 9.88 Å². The van der Waals surface area contributed by atoms with Gasteiger partial charge in [0.15, 0.2) is 5.82 Å². The molecule has 0 spiro atoms. The second-order valence-electron chi connectivity index (χ2n) is 7.44. The van der Waals surface area contributed by atoms with Gasteiger partial charge in [0, 0.05) is 23.8 Å². The lowest BCUT2D eigenvalue weighted by Crippen LogP contribution is -2.31. The summed E-state index contributed by atoms with van der Waals surface area (Å²) in [5, 5.41) is 14.9. The second kappa shape index (κ2) is 9.67. The molecule has 0 fully saturated rings. The predicted molar refractivity (Wildman–Crippen MR) is 122 cm³/mol. The zero-order valence-electron chi connectivity index (χ0n) is 17.4. The molecule has 32 heavy (non-hydrogen) atoms. The minimum Gasteiger partial charge on any atom is -0.468 e. The van der Waals surface area contributed by atoms with Crippen LogP contribution >= 0.6 is 11.3 Å². The van der Waals surface area contributed by atoms with Crippen LogP contribution in [0.5, 0.6) is 0 Å². The molecule has 0 unspecified atom stereocenters. The molecule has 0 bridgehead atoms. The van der Waals surface area contributed by atoms with Crippen LogP contribution in [0.4, 0.5) is 0 Å². The van der Waals surface area contributed by atoms with Crippen LogP contribution in [-0.2, 0) is 19.6 Å². The van der Waals surface area contributed by atoms with Crippen LogP contribution in [-0.4, -0.2) is 30.1 Å². The molecule has 0 amide bonds. The van der Waals surface area contributed by atoms with E-state index in [9.17, 15) is 0 Å². The van der Waals surface area contributed by atoms with Crippen molar-refractivity contribution in [2.45, 2.75) is 25.7 Å². The zero-order valence-corrected chi connectivity index (χ0v) is 18.2. The third-order valence-electron chi connectivity index (χ3n) is 5.20. The first kappa shape index (κ1) is 20.3. The number of hydrogen-bond acceptors (Lipinski definition) is 7. The molecule has 5 aromatic rings. The second-order valence-corrected chi connectivity index (χ2v) is 8.42. The summed E-state index contributed by atoms with van der Waals surface area (Å²) < 4.78 is 7.59. The van der Waals surface area contributed by atoms with Crippen molar-refractivity contribution in [2.75, 3.05) is 0 Å². The molecular formula is C24H22N6OS. The first-order valence-electron chi connectivity index (χ1n) is 10.4. The van der Waals surface area contributed by atoms with E-state index < -0.39 is 0 Å². The van der Waals surface area contributed by atoms with Gasteiger partial charge in [0.05, 0.1) is 19.4 Å². The van der Waals surface area contributed by atoms with Crippen LogP contribution in [0.25, 0.3) is 0 Å². The lowest BCUT2D eigenvalue weighted by molar-refractivity contribution is 0.182. The highest BCUT2D eigenvalue weighted by Crippen LogP contribution is 2.33. The molecule has 0 N–H and O–H groups in total. The van der Waals surface area contributed by atoms with Crippen molar-refractivity contribution in [3.8, 4) is 0 Å². The monoisotopic (exact) mass is 442 g/mol. The topological polar surface area (TPSA) is 72.9 Å². The van der Waals surface area contributed by atoms with E-state index in [1.54, 1.807) is 23.8 Å². The van der Waals surface area contributed by atoms with Crippen LogP contribution in [0.2, 0.25) is 0 Å². The Balaban J connectivity index is 1.54. The quantitative estimate of drug-likeness (QED) is 0.333. The fourth-order valence-corrected chi connectivity index (χ4v) is 4.62. The minimum atomic E-state index is -0.140. The normalized spacial score (nSPS) is 12.3. The Labute approximate surface area is 190 Å². The third-order valence-corrected chi connectivity index (χ3v) is 6.13. The largest absolute Gasteiger partial charge is 0.468 e. The zero-order chi connectivity index (χ0) is 21.6. The number of thiophene rings is 1. The first-order valence-corrected chi connectivity index (χ1v) is 11.2. The maximum absolute atomic E-state index is 5.70. The third kappa shape index (κ3) is 4.66. The number of tetrazole rings is 1. The van der Waals surface area contributed by atoms with Crippen molar-refractivity contribution in [2.24, 2.45) is 0 Å². The van der Waals surface area contributed by atoms with Crippen molar-refractivity contribution < 1.29 is 4.42 Å². The predicted octanol–water partition coefficient (Wildman–Crippen LogP) is 4.56. The lowest BCUT2D eigenvalue weighted by Gasteiger charge is -2.29. The summed E-state index contributed by atoms with van der Waals surface area (Å²) in [6, 6.07) is 22.2. The van der Waals surface area contributed by atoms with Gasteiger partial charge in [-0.15, -0.1) is 16.4 Å². The summed E-state index contributed by atoms with van der Waals surface area (Å²) in [4.78, 5) is 7.80. The summed E-state index contributed by atoms with van der Waals surface area (Å²) >= 11 is 1.70. The van der Waals surface area contributed by atoms with Crippen LogP contribution < -0.4 is 0 Å². The molecule has 0 saturated carbocycles. The standard InChI is InChI=1S/C24H22N6OS/c1-2-7-19(8-3-1)17-30-24(26-27-28-30)23(22-11-6-14-32-22)29(18-21-10-5-13-31-21)16-20-9-4-12-25-15-20/h1-15,23H,16-18H2/t23-/m1/s1. The van der Waals surface area contributed by atoms with E-state index in [-0.39, 0.29) is 6.04 Å². The van der Waals surface area contributed by atoms with Gasteiger partial charge in [-0.2, -0.15) is 0 Å². The Hall–Kier alpha value is -3.62. The minimum absolute atomic E-state index is 0.140. The maximum Gasteiger partial charge on any atom is 0.174 e. The highest BCUT2D eigenvalue weighted by atomic mass is 32.1.